The highest BCUT2D eigenvalue weighted by Gasteiger charge is 2.15. The van der Waals surface area contributed by atoms with Gasteiger partial charge in [-0.2, -0.15) is 4.99 Å². The summed E-state index contributed by atoms with van der Waals surface area (Å²) in [5, 5.41) is 11.6. The van der Waals surface area contributed by atoms with E-state index in [1.165, 1.54) is 34.8 Å². The van der Waals surface area contributed by atoms with Gasteiger partial charge in [0.1, 0.15) is 0 Å². The number of fused-ring (bicyclic) bond motifs is 2. The van der Waals surface area contributed by atoms with Crippen molar-refractivity contribution in [2.75, 3.05) is 14.2 Å². The minimum atomic E-state index is -0.456. The molecule has 0 saturated carbocycles. The Morgan fingerprint density at radius 2 is 1.79 bits per heavy atom. The van der Waals surface area contributed by atoms with Crippen LogP contribution in [0, 0.1) is 10.1 Å². The molecule has 0 unspecified atom stereocenters. The number of benzene rings is 2. The molecule has 8 nitrogen and oxygen atoms in total. The van der Waals surface area contributed by atoms with E-state index in [-0.39, 0.29) is 5.69 Å². The van der Waals surface area contributed by atoms with Crippen molar-refractivity contribution in [2.24, 2.45) is 12.0 Å². The quantitative estimate of drug-likeness (QED) is 0.359. The van der Waals surface area contributed by atoms with Crippen LogP contribution in [0.5, 0.6) is 11.5 Å². The van der Waals surface area contributed by atoms with Gasteiger partial charge in [-0.3, -0.25) is 14.9 Å². The molecule has 2 aromatic heterocycles. The van der Waals surface area contributed by atoms with Crippen molar-refractivity contribution < 1.29 is 19.2 Å². The van der Waals surface area contributed by atoms with Crippen LogP contribution in [0.1, 0.15) is 9.67 Å². The number of hydrogen-bond donors (Lipinski definition) is 0. The van der Waals surface area contributed by atoms with Crippen LogP contribution < -0.4 is 14.3 Å². The van der Waals surface area contributed by atoms with Gasteiger partial charge in [-0.05, 0) is 12.1 Å². The third kappa shape index (κ3) is 3.36. The van der Waals surface area contributed by atoms with E-state index in [4.69, 9.17) is 9.47 Å². The summed E-state index contributed by atoms with van der Waals surface area (Å²) in [5.74, 6) is 0.804. The van der Waals surface area contributed by atoms with Crippen LogP contribution >= 0.6 is 22.7 Å². The number of nitro groups is 1. The average Bonchev–Trinajstić information content (AvgIpc) is 3.27. The van der Waals surface area contributed by atoms with Crippen molar-refractivity contribution in [3.63, 3.8) is 0 Å². The van der Waals surface area contributed by atoms with Gasteiger partial charge in [0.05, 0.1) is 34.2 Å². The summed E-state index contributed by atoms with van der Waals surface area (Å²) in [6.45, 7) is 0. The Kier molecular flexibility index (Phi) is 4.81. The molecule has 0 spiro atoms. The van der Waals surface area contributed by atoms with E-state index in [1.807, 2.05) is 23.7 Å². The lowest BCUT2D eigenvalue weighted by atomic mass is 10.2. The molecule has 0 fully saturated rings. The Bertz CT molecular complexity index is 1350. The number of methoxy groups -OCH3 is 2. The number of carbonyl (C=O) groups excluding carboxylic acids is 1. The Labute approximate surface area is 172 Å². The number of rotatable bonds is 4. The van der Waals surface area contributed by atoms with Gasteiger partial charge >= 0.3 is 0 Å². The monoisotopic (exact) mass is 429 g/mol. The first-order valence-electron chi connectivity index (χ1n) is 8.40. The Morgan fingerprint density at radius 3 is 2.48 bits per heavy atom. The summed E-state index contributed by atoms with van der Waals surface area (Å²) < 4.78 is 14.2. The van der Waals surface area contributed by atoms with Crippen LogP contribution in [-0.4, -0.2) is 29.6 Å². The number of aryl methyl sites for hydroxylation is 1. The summed E-state index contributed by atoms with van der Waals surface area (Å²) in [7, 11) is 4.96. The van der Waals surface area contributed by atoms with Crippen LogP contribution in [0.2, 0.25) is 0 Å². The molecule has 0 saturated heterocycles. The van der Waals surface area contributed by atoms with Gasteiger partial charge in [-0.25, -0.2) is 0 Å². The van der Waals surface area contributed by atoms with E-state index in [9.17, 15) is 14.9 Å². The smallest absolute Gasteiger partial charge is 0.289 e. The molecule has 1 amide bonds. The first-order chi connectivity index (χ1) is 13.9. The van der Waals surface area contributed by atoms with Crippen LogP contribution in [0.3, 0.4) is 0 Å². The maximum Gasteiger partial charge on any atom is 0.289 e. The fourth-order valence-corrected chi connectivity index (χ4v) is 4.91. The van der Waals surface area contributed by atoms with Crippen molar-refractivity contribution in [3.05, 3.63) is 56.2 Å². The maximum atomic E-state index is 12.7. The standard InChI is InChI=1S/C19H15N3O5S2/c1-21-12-8-13(26-2)14(27-3)9-16(12)29-19(21)20-18(23)17-7-10-6-11(22(24)25)4-5-15(10)28-17/h4-9H,1-3H3. The van der Waals surface area contributed by atoms with Crippen molar-refractivity contribution >= 4 is 54.6 Å². The normalized spacial score (nSPS) is 11.9. The molecule has 29 heavy (non-hydrogen) atoms. The van der Waals surface area contributed by atoms with E-state index in [0.717, 1.165) is 14.9 Å². The maximum absolute atomic E-state index is 12.7. The van der Waals surface area contributed by atoms with E-state index in [2.05, 4.69) is 4.99 Å². The number of carbonyl (C=O) groups is 1. The molecule has 0 N–H and O–H groups in total. The fraction of sp³-hybridized carbons (Fsp3) is 0.158. The second kappa shape index (κ2) is 7.30. The lowest BCUT2D eigenvalue weighted by Gasteiger charge is -2.07. The zero-order chi connectivity index (χ0) is 20.7. The molecular weight excluding hydrogens is 414 g/mol. The number of amides is 1. The van der Waals surface area contributed by atoms with Gasteiger partial charge in [0, 0.05) is 41.4 Å². The average molecular weight is 429 g/mol. The molecule has 0 aliphatic carbocycles. The van der Waals surface area contributed by atoms with Gasteiger partial charge in [0.25, 0.3) is 11.6 Å². The molecule has 4 rings (SSSR count). The molecule has 0 aliphatic heterocycles. The van der Waals surface area contributed by atoms with Crippen LogP contribution in [0.25, 0.3) is 20.3 Å². The summed E-state index contributed by atoms with van der Waals surface area (Å²) in [6, 6.07) is 9.86. The van der Waals surface area contributed by atoms with Crippen LogP contribution in [0.4, 0.5) is 5.69 Å². The Morgan fingerprint density at radius 1 is 1.07 bits per heavy atom. The second-order valence-electron chi connectivity index (χ2n) is 6.13. The summed E-state index contributed by atoms with van der Waals surface area (Å²) in [6.07, 6.45) is 0. The van der Waals surface area contributed by atoms with Crippen molar-refractivity contribution in [1.29, 1.82) is 0 Å². The third-order valence-corrected chi connectivity index (χ3v) is 6.63. The van der Waals surface area contributed by atoms with E-state index < -0.39 is 10.8 Å². The molecule has 10 heteroatoms. The molecule has 0 atom stereocenters. The predicted molar refractivity (Wildman–Crippen MR) is 112 cm³/mol. The molecule has 0 radical (unpaired) electrons. The summed E-state index contributed by atoms with van der Waals surface area (Å²) in [4.78, 5) is 28.4. The van der Waals surface area contributed by atoms with Crippen LogP contribution in [0.15, 0.2) is 41.4 Å². The molecule has 4 aromatic rings. The van der Waals surface area contributed by atoms with Gasteiger partial charge in [-0.15, -0.1) is 11.3 Å². The number of nitrogens with zero attached hydrogens (tertiary/aromatic N) is 3. The number of ether oxygens (including phenoxy) is 2. The van der Waals surface area contributed by atoms with Crippen molar-refractivity contribution in [1.82, 2.24) is 4.57 Å². The predicted octanol–water partition coefficient (Wildman–Crippen LogP) is 4.12. The number of aromatic nitrogens is 1. The van der Waals surface area contributed by atoms with Gasteiger partial charge in [0.15, 0.2) is 16.3 Å². The lowest BCUT2D eigenvalue weighted by Crippen LogP contribution is -2.12. The zero-order valence-corrected chi connectivity index (χ0v) is 17.3. The molecule has 2 aromatic carbocycles. The number of non-ortho nitro benzene ring substituents is 1. The number of nitro benzene ring substituents is 1. The number of thiazole rings is 1. The fourth-order valence-electron chi connectivity index (χ4n) is 2.95. The SMILES string of the molecule is COc1cc2sc(=NC(=O)c3cc4cc([N+](=O)[O-])ccc4s3)n(C)c2cc1OC. The molecular formula is C19H15N3O5S2. The first kappa shape index (κ1) is 19.1. The van der Waals surface area contributed by atoms with Crippen molar-refractivity contribution in [2.45, 2.75) is 0 Å². The number of hydrogen-bond acceptors (Lipinski definition) is 7. The highest BCUT2D eigenvalue weighted by atomic mass is 32.1. The summed E-state index contributed by atoms with van der Waals surface area (Å²) in [5.41, 5.74) is 0.858. The molecule has 0 bridgehead atoms. The molecule has 148 valence electrons. The first-order valence-corrected chi connectivity index (χ1v) is 10.0. The van der Waals surface area contributed by atoms with E-state index in [1.54, 1.807) is 26.4 Å². The highest BCUT2D eigenvalue weighted by Crippen LogP contribution is 2.33. The molecule has 0 aliphatic rings. The van der Waals surface area contributed by atoms with E-state index in [0.29, 0.717) is 26.6 Å². The van der Waals surface area contributed by atoms with Crippen LogP contribution in [-0.2, 0) is 7.05 Å². The van der Waals surface area contributed by atoms with Gasteiger partial charge < -0.3 is 14.0 Å². The minimum Gasteiger partial charge on any atom is -0.493 e. The van der Waals surface area contributed by atoms with Crippen molar-refractivity contribution in [3.8, 4) is 11.5 Å². The number of thiophene rings is 1. The summed E-state index contributed by atoms with van der Waals surface area (Å²) >= 11 is 2.62. The zero-order valence-electron chi connectivity index (χ0n) is 15.7. The largest absolute Gasteiger partial charge is 0.493 e. The lowest BCUT2D eigenvalue weighted by molar-refractivity contribution is -0.384. The van der Waals surface area contributed by atoms with Gasteiger partial charge in [0.2, 0.25) is 0 Å². The van der Waals surface area contributed by atoms with E-state index >= 15 is 0 Å². The minimum absolute atomic E-state index is 0.00922. The van der Waals surface area contributed by atoms with Gasteiger partial charge in [-0.1, -0.05) is 11.3 Å². The second-order valence-corrected chi connectivity index (χ2v) is 8.22. The topological polar surface area (TPSA) is 96.0 Å². The Balaban J connectivity index is 1.78. The highest BCUT2D eigenvalue weighted by molar-refractivity contribution is 7.21. The Hall–Kier alpha value is -3.24. The molecule has 2 heterocycles. The third-order valence-electron chi connectivity index (χ3n) is 4.43.